The van der Waals surface area contributed by atoms with E-state index in [0.29, 0.717) is 0 Å². The predicted octanol–water partition coefficient (Wildman–Crippen LogP) is -2.67. The summed E-state index contributed by atoms with van der Waals surface area (Å²) in [5, 5.41) is 15.9. The van der Waals surface area contributed by atoms with E-state index in [1.165, 1.54) is 6.92 Å². The molecule has 0 rings (SSSR count). The molecule has 0 aliphatic heterocycles. The lowest BCUT2D eigenvalue weighted by Gasteiger charge is -2.26. The van der Waals surface area contributed by atoms with Gasteiger partial charge in [-0.1, -0.05) is 13.8 Å². The number of primary amides is 1. The maximum absolute atomic E-state index is 12.5. The summed E-state index contributed by atoms with van der Waals surface area (Å²) in [7, 11) is 0. The zero-order valence-corrected chi connectivity index (χ0v) is 16.3. The quantitative estimate of drug-likeness (QED) is 0.182. The van der Waals surface area contributed by atoms with Crippen molar-refractivity contribution in [2.24, 2.45) is 17.4 Å². The Bertz CT molecular complexity index is 583. The molecule has 4 unspecified atom stereocenters. The Morgan fingerprint density at radius 1 is 0.926 bits per heavy atom. The molecule has 0 saturated carbocycles. The molecule has 0 saturated heterocycles. The first-order chi connectivity index (χ1) is 12.4. The zero-order chi connectivity index (χ0) is 21.3. The van der Waals surface area contributed by atoms with E-state index in [-0.39, 0.29) is 11.7 Å². The van der Waals surface area contributed by atoms with Crippen molar-refractivity contribution in [3.8, 4) is 0 Å². The van der Waals surface area contributed by atoms with Crippen molar-refractivity contribution in [2.45, 2.75) is 51.4 Å². The molecule has 0 aromatic carbocycles. The first kappa shape index (κ1) is 24.7. The number of carbonyl (C=O) groups is 5. The molecule has 0 aliphatic rings. The predicted molar refractivity (Wildman–Crippen MR) is 99.6 cm³/mol. The molecule has 154 valence electrons. The number of rotatable bonds is 11. The number of aliphatic carboxylic acids is 1. The number of nitrogens with one attached hydrogen (secondary N) is 3. The van der Waals surface area contributed by atoms with Crippen LogP contribution in [0.15, 0.2) is 0 Å². The third-order valence-electron chi connectivity index (χ3n) is 3.50. The second kappa shape index (κ2) is 11.4. The molecule has 4 atom stereocenters. The van der Waals surface area contributed by atoms with Crippen LogP contribution >= 0.6 is 12.6 Å². The summed E-state index contributed by atoms with van der Waals surface area (Å²) >= 11 is 3.82. The van der Waals surface area contributed by atoms with Crippen LogP contribution in [0.5, 0.6) is 0 Å². The third-order valence-corrected chi connectivity index (χ3v) is 3.86. The van der Waals surface area contributed by atoms with Crippen molar-refractivity contribution in [1.82, 2.24) is 16.0 Å². The molecule has 0 fully saturated rings. The number of carbonyl (C=O) groups excluding carboxylic acids is 4. The average Bonchev–Trinajstić information content (AvgIpc) is 2.54. The van der Waals surface area contributed by atoms with Crippen molar-refractivity contribution < 1.29 is 29.1 Å². The highest BCUT2D eigenvalue weighted by atomic mass is 32.1. The van der Waals surface area contributed by atoms with E-state index in [1.54, 1.807) is 13.8 Å². The summed E-state index contributed by atoms with van der Waals surface area (Å²) in [6.45, 7) is 4.77. The van der Waals surface area contributed by atoms with Gasteiger partial charge >= 0.3 is 5.97 Å². The highest BCUT2D eigenvalue weighted by molar-refractivity contribution is 7.80. The molecule has 0 aromatic heterocycles. The van der Waals surface area contributed by atoms with Crippen molar-refractivity contribution in [1.29, 1.82) is 0 Å². The Labute approximate surface area is 162 Å². The number of carboxylic acids is 1. The van der Waals surface area contributed by atoms with Gasteiger partial charge in [0.2, 0.25) is 23.6 Å². The average molecular weight is 405 g/mol. The van der Waals surface area contributed by atoms with Crippen molar-refractivity contribution in [3.63, 3.8) is 0 Å². The fourth-order valence-corrected chi connectivity index (χ4v) is 2.20. The molecule has 0 radical (unpaired) electrons. The van der Waals surface area contributed by atoms with E-state index in [9.17, 15) is 24.0 Å². The monoisotopic (exact) mass is 405 g/mol. The highest BCUT2D eigenvalue weighted by Crippen LogP contribution is 2.04. The molecule has 0 spiro atoms. The molecular formula is C15H27N5O6S. The number of hydrogen-bond acceptors (Lipinski definition) is 7. The van der Waals surface area contributed by atoms with Gasteiger partial charge in [0.1, 0.15) is 18.1 Å². The fourth-order valence-electron chi connectivity index (χ4n) is 1.95. The molecule has 8 N–H and O–H groups in total. The van der Waals surface area contributed by atoms with Crippen LogP contribution in [0.25, 0.3) is 0 Å². The van der Waals surface area contributed by atoms with Gasteiger partial charge in [0.25, 0.3) is 0 Å². The van der Waals surface area contributed by atoms with Crippen LogP contribution in [0.4, 0.5) is 0 Å². The molecule has 0 bridgehead atoms. The van der Waals surface area contributed by atoms with Crippen LogP contribution in [0.3, 0.4) is 0 Å². The summed E-state index contributed by atoms with van der Waals surface area (Å²) in [5.74, 6) is -4.98. The Kier molecular flexibility index (Phi) is 10.4. The largest absolute Gasteiger partial charge is 0.480 e. The van der Waals surface area contributed by atoms with E-state index < -0.39 is 60.2 Å². The smallest absolute Gasteiger partial charge is 0.327 e. The second-order valence-electron chi connectivity index (χ2n) is 6.33. The minimum absolute atomic E-state index is 0.197. The van der Waals surface area contributed by atoms with Crippen LogP contribution in [-0.2, 0) is 24.0 Å². The van der Waals surface area contributed by atoms with Gasteiger partial charge in [-0.3, -0.25) is 19.2 Å². The van der Waals surface area contributed by atoms with Gasteiger partial charge in [0.15, 0.2) is 0 Å². The summed E-state index contributed by atoms with van der Waals surface area (Å²) in [6, 6.07) is -4.60. The SMILES string of the molecule is CC(N)C(=O)NC(C(=O)NC(CC(N)=O)C(=O)NC(CS)C(=O)O)C(C)C. The van der Waals surface area contributed by atoms with Gasteiger partial charge in [0.05, 0.1) is 12.5 Å². The fraction of sp³-hybridized carbons (Fsp3) is 0.667. The summed E-state index contributed by atoms with van der Waals surface area (Å²) < 4.78 is 0. The Morgan fingerprint density at radius 2 is 1.44 bits per heavy atom. The van der Waals surface area contributed by atoms with Crippen molar-refractivity contribution in [3.05, 3.63) is 0 Å². The number of carboxylic acid groups (broad SMARTS) is 1. The topological polar surface area (TPSA) is 194 Å². The van der Waals surface area contributed by atoms with Crippen LogP contribution in [0, 0.1) is 5.92 Å². The number of amides is 4. The second-order valence-corrected chi connectivity index (χ2v) is 6.70. The zero-order valence-electron chi connectivity index (χ0n) is 15.4. The highest BCUT2D eigenvalue weighted by Gasteiger charge is 2.31. The van der Waals surface area contributed by atoms with Crippen molar-refractivity contribution >= 4 is 42.2 Å². The number of thiol groups is 1. The number of hydrogen-bond donors (Lipinski definition) is 7. The van der Waals surface area contributed by atoms with E-state index in [4.69, 9.17) is 16.6 Å². The molecule has 0 aliphatic carbocycles. The maximum Gasteiger partial charge on any atom is 0.327 e. The van der Waals surface area contributed by atoms with Crippen LogP contribution in [0.2, 0.25) is 0 Å². The molecule has 11 nitrogen and oxygen atoms in total. The van der Waals surface area contributed by atoms with Gasteiger partial charge in [-0.25, -0.2) is 4.79 Å². The molecule has 0 aromatic rings. The van der Waals surface area contributed by atoms with Crippen LogP contribution < -0.4 is 27.4 Å². The third kappa shape index (κ3) is 8.73. The molecule has 12 heteroatoms. The summed E-state index contributed by atoms with van der Waals surface area (Å²) in [5.41, 5.74) is 10.6. The normalized spacial score (nSPS) is 15.2. The Balaban J connectivity index is 5.31. The van der Waals surface area contributed by atoms with Crippen LogP contribution in [-0.4, -0.2) is 64.6 Å². The van der Waals surface area contributed by atoms with Gasteiger partial charge in [-0.15, -0.1) is 0 Å². The lowest BCUT2D eigenvalue weighted by Crippen LogP contribution is -2.58. The first-order valence-corrected chi connectivity index (χ1v) is 8.82. The van der Waals surface area contributed by atoms with Crippen molar-refractivity contribution in [2.75, 3.05) is 5.75 Å². The molecular weight excluding hydrogens is 378 g/mol. The van der Waals surface area contributed by atoms with E-state index in [2.05, 4.69) is 28.6 Å². The minimum Gasteiger partial charge on any atom is -0.480 e. The van der Waals surface area contributed by atoms with Crippen LogP contribution in [0.1, 0.15) is 27.2 Å². The maximum atomic E-state index is 12.5. The van der Waals surface area contributed by atoms with Gasteiger partial charge in [0, 0.05) is 5.75 Å². The standard InChI is InChI=1S/C15H27N5O6S/c1-6(2)11(20-12(22)7(3)16)14(24)18-8(4-10(17)21)13(23)19-9(5-27)15(25)26/h6-9,11,27H,4-5,16H2,1-3H3,(H2,17,21)(H,18,24)(H,19,23)(H,20,22)(H,25,26). The van der Waals surface area contributed by atoms with Gasteiger partial charge in [-0.05, 0) is 12.8 Å². The van der Waals surface area contributed by atoms with Gasteiger partial charge in [-0.2, -0.15) is 12.6 Å². The molecule has 27 heavy (non-hydrogen) atoms. The van der Waals surface area contributed by atoms with E-state index in [0.717, 1.165) is 0 Å². The summed E-state index contributed by atoms with van der Waals surface area (Å²) in [4.78, 5) is 58.8. The first-order valence-electron chi connectivity index (χ1n) is 8.19. The van der Waals surface area contributed by atoms with E-state index in [1.807, 2.05) is 0 Å². The van der Waals surface area contributed by atoms with Gasteiger partial charge < -0.3 is 32.5 Å². The number of nitrogens with two attached hydrogens (primary N) is 2. The molecule has 4 amide bonds. The van der Waals surface area contributed by atoms with E-state index >= 15 is 0 Å². The summed E-state index contributed by atoms with van der Waals surface area (Å²) in [6.07, 6.45) is -0.553. The lowest BCUT2D eigenvalue weighted by molar-refractivity contribution is -0.141. The Hall–Kier alpha value is -2.34. The Morgan fingerprint density at radius 3 is 1.81 bits per heavy atom. The molecule has 0 heterocycles. The lowest BCUT2D eigenvalue weighted by atomic mass is 10.0. The minimum atomic E-state index is -1.41.